The standard InChI is InChI=1S/C8H11NO2/c1-2-7-4-3-5-8(6-7)9(10)11/h2,4,8H,1,3,5-6H2. The summed E-state index contributed by atoms with van der Waals surface area (Å²) in [6, 6.07) is -0.381. The molecular weight excluding hydrogens is 142 g/mol. The van der Waals surface area contributed by atoms with Gasteiger partial charge in [0.15, 0.2) is 0 Å². The molecule has 0 saturated carbocycles. The first kappa shape index (κ1) is 7.98. The monoisotopic (exact) mass is 153 g/mol. The maximum atomic E-state index is 10.4. The van der Waals surface area contributed by atoms with Crippen LogP contribution in [0.3, 0.4) is 0 Å². The van der Waals surface area contributed by atoms with Gasteiger partial charge in [0.2, 0.25) is 6.04 Å². The van der Waals surface area contributed by atoms with Crippen molar-refractivity contribution in [1.29, 1.82) is 0 Å². The molecule has 1 rings (SSSR count). The summed E-state index contributed by atoms with van der Waals surface area (Å²) < 4.78 is 0. The SMILES string of the molecule is C=CC1=CCCC([N+](=O)[O-])C1. The summed E-state index contributed by atoms with van der Waals surface area (Å²) in [5.74, 6) is 0. The lowest BCUT2D eigenvalue weighted by molar-refractivity contribution is -0.523. The maximum absolute atomic E-state index is 10.4. The van der Waals surface area contributed by atoms with E-state index in [4.69, 9.17) is 0 Å². The first-order chi connectivity index (χ1) is 5.24. The molecule has 0 fully saturated rings. The second-order valence-corrected chi connectivity index (χ2v) is 2.70. The highest BCUT2D eigenvalue weighted by molar-refractivity contribution is 5.18. The van der Waals surface area contributed by atoms with E-state index in [0.717, 1.165) is 12.0 Å². The average Bonchev–Trinajstić information content (AvgIpc) is 2.05. The molecule has 3 heteroatoms. The van der Waals surface area contributed by atoms with Crippen molar-refractivity contribution in [2.45, 2.75) is 25.3 Å². The van der Waals surface area contributed by atoms with Gasteiger partial charge in [-0.1, -0.05) is 18.7 Å². The molecule has 0 spiro atoms. The predicted octanol–water partition coefficient (Wildman–Crippen LogP) is 1.93. The summed E-state index contributed by atoms with van der Waals surface area (Å²) in [5.41, 5.74) is 1.01. The van der Waals surface area contributed by atoms with Crippen molar-refractivity contribution < 1.29 is 4.92 Å². The minimum atomic E-state index is -0.381. The van der Waals surface area contributed by atoms with E-state index >= 15 is 0 Å². The van der Waals surface area contributed by atoms with E-state index in [1.54, 1.807) is 6.08 Å². The Bertz CT molecular complexity index is 208. The Morgan fingerprint density at radius 3 is 3.09 bits per heavy atom. The topological polar surface area (TPSA) is 43.1 Å². The quantitative estimate of drug-likeness (QED) is 0.449. The Labute approximate surface area is 65.6 Å². The zero-order valence-corrected chi connectivity index (χ0v) is 6.32. The van der Waals surface area contributed by atoms with Crippen LogP contribution in [0.5, 0.6) is 0 Å². The third-order valence-corrected chi connectivity index (χ3v) is 1.94. The molecule has 1 atom stereocenters. The van der Waals surface area contributed by atoms with Gasteiger partial charge in [-0.15, -0.1) is 0 Å². The van der Waals surface area contributed by atoms with Crippen LogP contribution >= 0.6 is 0 Å². The van der Waals surface area contributed by atoms with Crippen molar-refractivity contribution in [3.63, 3.8) is 0 Å². The van der Waals surface area contributed by atoms with Crippen LogP contribution in [-0.2, 0) is 0 Å². The van der Waals surface area contributed by atoms with Gasteiger partial charge in [0.05, 0.1) is 0 Å². The van der Waals surface area contributed by atoms with Crippen LogP contribution in [0.4, 0.5) is 0 Å². The average molecular weight is 153 g/mol. The van der Waals surface area contributed by atoms with Gasteiger partial charge < -0.3 is 0 Å². The summed E-state index contributed by atoms with van der Waals surface area (Å²) in [5, 5.41) is 10.4. The summed E-state index contributed by atoms with van der Waals surface area (Å²) in [4.78, 5) is 10.2. The molecule has 60 valence electrons. The second-order valence-electron chi connectivity index (χ2n) is 2.70. The second kappa shape index (κ2) is 3.32. The zero-order chi connectivity index (χ0) is 8.27. The highest BCUT2D eigenvalue weighted by Gasteiger charge is 2.22. The molecule has 3 nitrogen and oxygen atoms in total. The lowest BCUT2D eigenvalue weighted by atomic mass is 9.95. The minimum Gasteiger partial charge on any atom is -0.264 e. The van der Waals surface area contributed by atoms with Crippen LogP contribution in [0, 0.1) is 10.1 Å². The molecule has 0 aromatic carbocycles. The van der Waals surface area contributed by atoms with E-state index in [2.05, 4.69) is 6.58 Å². The summed E-state index contributed by atoms with van der Waals surface area (Å²) in [6.07, 6.45) is 5.76. The highest BCUT2D eigenvalue weighted by atomic mass is 16.6. The lowest BCUT2D eigenvalue weighted by Crippen LogP contribution is -2.21. The molecule has 0 aliphatic heterocycles. The molecule has 0 N–H and O–H groups in total. The van der Waals surface area contributed by atoms with Crippen molar-refractivity contribution in [2.24, 2.45) is 0 Å². The third-order valence-electron chi connectivity index (χ3n) is 1.94. The summed E-state index contributed by atoms with van der Waals surface area (Å²) in [7, 11) is 0. The zero-order valence-electron chi connectivity index (χ0n) is 6.32. The van der Waals surface area contributed by atoms with Gasteiger partial charge in [-0.25, -0.2) is 0 Å². The molecule has 0 aromatic heterocycles. The number of hydrogen-bond donors (Lipinski definition) is 0. The molecule has 11 heavy (non-hydrogen) atoms. The van der Waals surface area contributed by atoms with Crippen LogP contribution in [0.25, 0.3) is 0 Å². The van der Waals surface area contributed by atoms with Crippen LogP contribution in [0.15, 0.2) is 24.3 Å². The van der Waals surface area contributed by atoms with E-state index in [9.17, 15) is 10.1 Å². The smallest absolute Gasteiger partial charge is 0.217 e. The fourth-order valence-electron chi connectivity index (χ4n) is 1.27. The van der Waals surface area contributed by atoms with Crippen LogP contribution < -0.4 is 0 Å². The van der Waals surface area contributed by atoms with Crippen LogP contribution in [-0.4, -0.2) is 11.0 Å². The van der Waals surface area contributed by atoms with Crippen molar-refractivity contribution in [3.8, 4) is 0 Å². The number of nitrogens with zero attached hydrogens (tertiary/aromatic N) is 1. The van der Waals surface area contributed by atoms with E-state index < -0.39 is 0 Å². The normalized spacial score (nSPS) is 24.0. The van der Waals surface area contributed by atoms with Crippen LogP contribution in [0.2, 0.25) is 0 Å². The Morgan fingerprint density at radius 1 is 1.82 bits per heavy atom. The number of hydrogen-bond acceptors (Lipinski definition) is 2. The van der Waals surface area contributed by atoms with E-state index in [0.29, 0.717) is 12.8 Å². The van der Waals surface area contributed by atoms with E-state index in [-0.39, 0.29) is 11.0 Å². The van der Waals surface area contributed by atoms with Crippen LogP contribution in [0.1, 0.15) is 19.3 Å². The predicted molar refractivity (Wildman–Crippen MR) is 42.9 cm³/mol. The first-order valence-corrected chi connectivity index (χ1v) is 3.69. The van der Waals surface area contributed by atoms with E-state index in [1.807, 2.05) is 6.08 Å². The van der Waals surface area contributed by atoms with Gasteiger partial charge in [-0.3, -0.25) is 10.1 Å². The van der Waals surface area contributed by atoms with Crippen molar-refractivity contribution >= 4 is 0 Å². The van der Waals surface area contributed by atoms with Crippen molar-refractivity contribution in [2.75, 3.05) is 0 Å². The fraction of sp³-hybridized carbons (Fsp3) is 0.500. The third kappa shape index (κ3) is 1.90. The molecule has 0 amide bonds. The molecule has 0 bridgehead atoms. The number of nitro groups is 1. The van der Waals surface area contributed by atoms with Gasteiger partial charge in [0, 0.05) is 17.8 Å². The molecule has 1 aliphatic carbocycles. The number of rotatable bonds is 2. The maximum Gasteiger partial charge on any atom is 0.217 e. The lowest BCUT2D eigenvalue weighted by Gasteiger charge is -2.13. The molecule has 0 heterocycles. The molecular formula is C8H11NO2. The van der Waals surface area contributed by atoms with Crippen molar-refractivity contribution in [1.82, 2.24) is 0 Å². The van der Waals surface area contributed by atoms with E-state index in [1.165, 1.54) is 0 Å². The van der Waals surface area contributed by atoms with Gasteiger partial charge in [0.1, 0.15) is 0 Å². The Hall–Kier alpha value is -1.12. The number of allylic oxidation sites excluding steroid dienone is 2. The minimum absolute atomic E-state index is 0.198. The molecule has 1 aliphatic rings. The van der Waals surface area contributed by atoms with Gasteiger partial charge in [0.25, 0.3) is 0 Å². The largest absolute Gasteiger partial charge is 0.264 e. The Kier molecular flexibility index (Phi) is 2.41. The summed E-state index contributed by atoms with van der Waals surface area (Å²) >= 11 is 0. The first-order valence-electron chi connectivity index (χ1n) is 3.69. The highest BCUT2D eigenvalue weighted by Crippen LogP contribution is 2.20. The summed E-state index contributed by atoms with van der Waals surface area (Å²) in [6.45, 7) is 3.59. The van der Waals surface area contributed by atoms with Gasteiger partial charge in [-0.05, 0) is 12.0 Å². The molecule has 0 aromatic rings. The molecule has 0 radical (unpaired) electrons. The Balaban J connectivity index is 2.59. The van der Waals surface area contributed by atoms with Gasteiger partial charge >= 0.3 is 0 Å². The molecule has 1 unspecified atom stereocenters. The van der Waals surface area contributed by atoms with Crippen molar-refractivity contribution in [3.05, 3.63) is 34.4 Å². The molecule has 0 saturated heterocycles. The fourth-order valence-corrected chi connectivity index (χ4v) is 1.27. The van der Waals surface area contributed by atoms with Gasteiger partial charge in [-0.2, -0.15) is 0 Å². The Morgan fingerprint density at radius 2 is 2.55 bits per heavy atom.